The fourth-order valence-corrected chi connectivity index (χ4v) is 3.17. The molecule has 0 saturated heterocycles. The molecule has 0 aliphatic heterocycles. The zero-order chi connectivity index (χ0) is 20.5. The largest absolute Gasteiger partial charge is 0.355 e. The van der Waals surface area contributed by atoms with Crippen molar-refractivity contribution in [2.45, 2.75) is 46.3 Å². The van der Waals surface area contributed by atoms with E-state index in [2.05, 4.69) is 94.7 Å². The van der Waals surface area contributed by atoms with Crippen molar-refractivity contribution in [1.29, 1.82) is 0 Å². The zero-order valence-electron chi connectivity index (χ0n) is 17.9. The lowest BCUT2D eigenvalue weighted by molar-refractivity contribution is 0.619. The van der Waals surface area contributed by atoms with E-state index in [1.165, 1.54) is 16.7 Å². The Hall–Kier alpha value is -2.42. The Morgan fingerprint density at radius 2 is 1.83 bits per heavy atom. The molecule has 3 aromatic rings. The van der Waals surface area contributed by atoms with Crippen molar-refractivity contribution < 1.29 is 0 Å². The van der Waals surface area contributed by atoms with Crippen LogP contribution < -0.4 is 10.6 Å². The van der Waals surface area contributed by atoms with Gasteiger partial charge in [-0.3, -0.25) is 0 Å². The Morgan fingerprint density at radius 1 is 1.10 bits per heavy atom. The summed E-state index contributed by atoms with van der Waals surface area (Å²) in [6.45, 7) is 8.53. The maximum atomic E-state index is 4.84. The molecule has 6 nitrogen and oxygen atoms in total. The first-order chi connectivity index (χ1) is 14.2. The van der Waals surface area contributed by atoms with E-state index in [0.29, 0.717) is 6.54 Å². The highest BCUT2D eigenvalue weighted by Crippen LogP contribution is 2.12. The maximum Gasteiger partial charge on any atom is 0.192 e. The zero-order valence-corrected chi connectivity index (χ0v) is 20.2. The van der Waals surface area contributed by atoms with Gasteiger partial charge in [0, 0.05) is 19.5 Å². The van der Waals surface area contributed by atoms with Crippen molar-refractivity contribution in [3.8, 4) is 0 Å². The van der Waals surface area contributed by atoms with Crippen LogP contribution in [0.4, 0.5) is 0 Å². The molecule has 1 heterocycles. The van der Waals surface area contributed by atoms with E-state index in [4.69, 9.17) is 4.99 Å². The molecule has 0 spiro atoms. The highest BCUT2D eigenvalue weighted by Gasteiger charge is 2.09. The summed E-state index contributed by atoms with van der Waals surface area (Å²) in [5.41, 5.74) is 3.71. The van der Waals surface area contributed by atoms with Gasteiger partial charge >= 0.3 is 0 Å². The number of nitrogens with zero attached hydrogens (tertiary/aromatic N) is 4. The van der Waals surface area contributed by atoms with Crippen molar-refractivity contribution in [1.82, 2.24) is 25.4 Å². The van der Waals surface area contributed by atoms with Crippen LogP contribution in [0.25, 0.3) is 0 Å². The van der Waals surface area contributed by atoms with E-state index >= 15 is 0 Å². The van der Waals surface area contributed by atoms with Gasteiger partial charge in [0.25, 0.3) is 0 Å². The number of aryl methyl sites for hydroxylation is 2. The minimum atomic E-state index is 0. The first-order valence-corrected chi connectivity index (χ1v) is 10.2. The van der Waals surface area contributed by atoms with Gasteiger partial charge in [-0.05, 0) is 30.5 Å². The van der Waals surface area contributed by atoms with E-state index in [-0.39, 0.29) is 30.0 Å². The number of rotatable bonds is 8. The number of hydrogen-bond donors (Lipinski definition) is 2. The SMILES string of the molecule is CCc1nncn1CCNC(=NCc1ccccc1C)NC(C)c1ccccc1.I. The number of aliphatic imine (C=N–C) groups is 1. The summed E-state index contributed by atoms with van der Waals surface area (Å²) >= 11 is 0. The molecule has 0 aliphatic carbocycles. The third-order valence-corrected chi connectivity index (χ3v) is 4.98. The molecule has 0 amide bonds. The lowest BCUT2D eigenvalue weighted by Gasteiger charge is -2.19. The van der Waals surface area contributed by atoms with Crippen molar-refractivity contribution in [3.05, 3.63) is 83.4 Å². The molecule has 0 saturated carbocycles. The Balaban J connectivity index is 0.00000320. The molecule has 0 radical (unpaired) electrons. The van der Waals surface area contributed by atoms with Crippen LogP contribution in [-0.4, -0.2) is 27.3 Å². The molecule has 0 fully saturated rings. The van der Waals surface area contributed by atoms with E-state index in [1.54, 1.807) is 6.33 Å². The predicted octanol–water partition coefficient (Wildman–Crippen LogP) is 4.26. The molecule has 1 aromatic heterocycles. The predicted molar refractivity (Wildman–Crippen MR) is 133 cm³/mol. The van der Waals surface area contributed by atoms with Gasteiger partial charge in [0.1, 0.15) is 12.2 Å². The van der Waals surface area contributed by atoms with Crippen LogP contribution in [0.1, 0.15) is 42.4 Å². The number of nitrogens with one attached hydrogen (secondary N) is 2. The van der Waals surface area contributed by atoms with E-state index in [9.17, 15) is 0 Å². The third-order valence-electron chi connectivity index (χ3n) is 4.98. The molecule has 160 valence electrons. The van der Waals surface area contributed by atoms with Gasteiger partial charge in [-0.2, -0.15) is 0 Å². The molecule has 2 aromatic carbocycles. The Kier molecular flexibility index (Phi) is 9.79. The van der Waals surface area contributed by atoms with Crippen LogP contribution in [-0.2, 0) is 19.5 Å². The number of hydrogen-bond acceptors (Lipinski definition) is 3. The number of guanidine groups is 1. The van der Waals surface area contributed by atoms with Crippen LogP contribution in [0.5, 0.6) is 0 Å². The summed E-state index contributed by atoms with van der Waals surface area (Å²) in [6, 6.07) is 18.9. The van der Waals surface area contributed by atoms with E-state index in [1.807, 2.05) is 6.07 Å². The van der Waals surface area contributed by atoms with Crippen LogP contribution in [0.3, 0.4) is 0 Å². The summed E-state index contributed by atoms with van der Waals surface area (Å²) in [7, 11) is 0. The van der Waals surface area contributed by atoms with Crippen LogP contribution in [0.2, 0.25) is 0 Å². The topological polar surface area (TPSA) is 67.1 Å². The monoisotopic (exact) mass is 518 g/mol. The summed E-state index contributed by atoms with van der Waals surface area (Å²) < 4.78 is 2.08. The molecular weight excluding hydrogens is 487 g/mol. The number of halogens is 1. The van der Waals surface area contributed by atoms with Gasteiger partial charge in [-0.25, -0.2) is 4.99 Å². The first-order valence-electron chi connectivity index (χ1n) is 10.2. The fourth-order valence-electron chi connectivity index (χ4n) is 3.17. The van der Waals surface area contributed by atoms with Crippen LogP contribution in [0.15, 0.2) is 65.9 Å². The molecule has 1 unspecified atom stereocenters. The van der Waals surface area contributed by atoms with Crippen LogP contribution in [0, 0.1) is 6.92 Å². The van der Waals surface area contributed by atoms with E-state index < -0.39 is 0 Å². The van der Waals surface area contributed by atoms with Gasteiger partial charge in [0.05, 0.1) is 12.6 Å². The van der Waals surface area contributed by atoms with Gasteiger partial charge in [-0.15, -0.1) is 34.2 Å². The second kappa shape index (κ2) is 12.3. The maximum absolute atomic E-state index is 4.84. The van der Waals surface area contributed by atoms with Gasteiger partial charge in [-0.1, -0.05) is 61.5 Å². The summed E-state index contributed by atoms with van der Waals surface area (Å²) in [6.07, 6.45) is 2.65. The van der Waals surface area contributed by atoms with Crippen molar-refractivity contribution >= 4 is 29.9 Å². The first kappa shape index (κ1) is 23.9. The smallest absolute Gasteiger partial charge is 0.192 e. The van der Waals surface area contributed by atoms with Gasteiger partial charge in [0.15, 0.2) is 5.96 Å². The number of benzene rings is 2. The number of aromatic nitrogens is 3. The Morgan fingerprint density at radius 3 is 2.57 bits per heavy atom. The molecule has 7 heteroatoms. The molecule has 1 atom stereocenters. The minimum Gasteiger partial charge on any atom is -0.355 e. The normalized spacial score (nSPS) is 12.2. The second-order valence-electron chi connectivity index (χ2n) is 7.09. The molecule has 3 rings (SSSR count). The average Bonchev–Trinajstić information content (AvgIpc) is 3.21. The van der Waals surface area contributed by atoms with Crippen molar-refractivity contribution in [2.24, 2.45) is 4.99 Å². The second-order valence-corrected chi connectivity index (χ2v) is 7.09. The van der Waals surface area contributed by atoms with Gasteiger partial charge < -0.3 is 15.2 Å². The van der Waals surface area contributed by atoms with Gasteiger partial charge in [0.2, 0.25) is 0 Å². The third kappa shape index (κ3) is 6.83. The highest BCUT2D eigenvalue weighted by atomic mass is 127. The van der Waals surface area contributed by atoms with E-state index in [0.717, 1.165) is 31.3 Å². The average molecular weight is 518 g/mol. The Bertz CT molecular complexity index is 922. The quantitative estimate of drug-likeness (QED) is 0.266. The fraction of sp³-hybridized carbons (Fsp3) is 0.348. The highest BCUT2D eigenvalue weighted by molar-refractivity contribution is 14.0. The van der Waals surface area contributed by atoms with Crippen LogP contribution >= 0.6 is 24.0 Å². The summed E-state index contributed by atoms with van der Waals surface area (Å²) in [4.78, 5) is 4.84. The molecule has 2 N–H and O–H groups in total. The lowest BCUT2D eigenvalue weighted by atomic mass is 10.1. The molecular formula is C23H31IN6. The molecule has 0 bridgehead atoms. The summed E-state index contributed by atoms with van der Waals surface area (Å²) in [5.74, 6) is 1.80. The molecule has 30 heavy (non-hydrogen) atoms. The minimum absolute atomic E-state index is 0. The van der Waals surface area contributed by atoms with Crippen molar-refractivity contribution in [3.63, 3.8) is 0 Å². The standard InChI is InChI=1S/C23H30N6.HI/c1-4-22-28-26-17-29(22)15-14-24-23(25-16-21-13-9-8-10-18(21)2)27-19(3)20-11-6-5-7-12-20;/h5-13,17,19H,4,14-16H2,1-3H3,(H2,24,25,27);1H. The molecule has 0 aliphatic rings. The Labute approximate surface area is 196 Å². The van der Waals surface area contributed by atoms with Crippen molar-refractivity contribution in [2.75, 3.05) is 6.54 Å². The summed E-state index contributed by atoms with van der Waals surface area (Å²) in [5, 5.41) is 15.1. The lowest BCUT2D eigenvalue weighted by Crippen LogP contribution is -2.40.